The molecule has 98 valence electrons. The molecule has 0 atom stereocenters. The Kier molecular flexibility index (Phi) is 4.32. The third-order valence-electron chi connectivity index (χ3n) is 2.01. The number of anilines is 1. The lowest BCUT2D eigenvalue weighted by atomic mass is 9.89. The van der Waals surface area contributed by atoms with E-state index in [1.54, 1.807) is 0 Å². The lowest BCUT2D eigenvalue weighted by Crippen LogP contribution is -2.38. The van der Waals surface area contributed by atoms with E-state index in [4.69, 9.17) is 5.11 Å². The van der Waals surface area contributed by atoms with Crippen molar-refractivity contribution in [3.8, 4) is 0 Å². The van der Waals surface area contributed by atoms with Gasteiger partial charge in [0, 0.05) is 6.42 Å². The SMILES string of the molecule is CC(C)(CC(=O)NC(=O)Nc1nncs1)C(=O)O. The number of urea groups is 1. The molecule has 0 aliphatic carbocycles. The molecule has 1 aromatic rings. The Labute approximate surface area is 106 Å². The van der Waals surface area contributed by atoms with E-state index in [-0.39, 0.29) is 11.6 Å². The Morgan fingerprint density at radius 3 is 2.61 bits per heavy atom. The largest absolute Gasteiger partial charge is 0.481 e. The fourth-order valence-electron chi connectivity index (χ4n) is 1.00. The first-order valence-electron chi connectivity index (χ1n) is 4.91. The molecular weight excluding hydrogens is 260 g/mol. The summed E-state index contributed by atoms with van der Waals surface area (Å²) in [5.74, 6) is -1.79. The van der Waals surface area contributed by atoms with Crippen molar-refractivity contribution in [2.75, 3.05) is 5.32 Å². The zero-order valence-electron chi connectivity index (χ0n) is 9.76. The number of carbonyl (C=O) groups excluding carboxylic acids is 2. The second-order valence-electron chi connectivity index (χ2n) is 4.11. The van der Waals surface area contributed by atoms with Gasteiger partial charge in [-0.05, 0) is 13.8 Å². The van der Waals surface area contributed by atoms with Crippen LogP contribution < -0.4 is 10.6 Å². The minimum atomic E-state index is -1.23. The quantitative estimate of drug-likeness (QED) is 0.741. The molecule has 0 saturated heterocycles. The standard InChI is InChI=1S/C9H12N4O4S/c1-9(2,6(15)16)3-5(14)11-7(17)12-8-13-10-4-18-8/h4H,3H2,1-2H3,(H,15,16)(H2,11,12,13,14,17). The van der Waals surface area contributed by atoms with E-state index in [2.05, 4.69) is 15.5 Å². The average molecular weight is 272 g/mol. The summed E-state index contributed by atoms with van der Waals surface area (Å²) in [7, 11) is 0. The highest BCUT2D eigenvalue weighted by Gasteiger charge is 2.30. The number of carboxylic acid groups (broad SMARTS) is 1. The van der Waals surface area contributed by atoms with Crippen molar-refractivity contribution in [2.45, 2.75) is 20.3 Å². The summed E-state index contributed by atoms with van der Waals surface area (Å²) in [6.07, 6.45) is -0.300. The molecule has 3 amide bonds. The number of carboxylic acids is 1. The molecule has 0 saturated carbocycles. The predicted molar refractivity (Wildman–Crippen MR) is 63.1 cm³/mol. The van der Waals surface area contributed by atoms with Gasteiger partial charge in [-0.1, -0.05) is 11.3 Å². The van der Waals surface area contributed by atoms with E-state index in [1.807, 2.05) is 5.32 Å². The monoisotopic (exact) mass is 272 g/mol. The molecule has 0 spiro atoms. The molecule has 0 aliphatic heterocycles. The molecule has 0 aliphatic rings. The first kappa shape index (κ1) is 14.0. The molecule has 0 radical (unpaired) electrons. The number of hydrogen-bond acceptors (Lipinski definition) is 6. The number of aliphatic carboxylic acids is 1. The third-order valence-corrected chi connectivity index (χ3v) is 2.62. The Hall–Kier alpha value is -2.03. The predicted octanol–water partition coefficient (Wildman–Crippen LogP) is 0.687. The van der Waals surface area contributed by atoms with Gasteiger partial charge in [0.25, 0.3) is 0 Å². The number of nitrogens with zero attached hydrogens (tertiary/aromatic N) is 2. The van der Waals surface area contributed by atoms with Crippen LogP contribution in [0.1, 0.15) is 20.3 Å². The van der Waals surface area contributed by atoms with Crippen molar-refractivity contribution >= 4 is 34.4 Å². The van der Waals surface area contributed by atoms with Gasteiger partial charge in [0.1, 0.15) is 5.51 Å². The fraction of sp³-hybridized carbons (Fsp3) is 0.444. The normalized spacial score (nSPS) is 10.8. The maximum absolute atomic E-state index is 11.4. The van der Waals surface area contributed by atoms with E-state index in [9.17, 15) is 14.4 Å². The summed E-state index contributed by atoms with van der Waals surface area (Å²) in [6, 6.07) is -0.766. The highest BCUT2D eigenvalue weighted by molar-refractivity contribution is 7.13. The molecular formula is C9H12N4O4S. The maximum atomic E-state index is 11.4. The first-order chi connectivity index (χ1) is 8.31. The van der Waals surface area contributed by atoms with E-state index < -0.39 is 23.3 Å². The van der Waals surface area contributed by atoms with Crippen LogP contribution in [-0.2, 0) is 9.59 Å². The minimum Gasteiger partial charge on any atom is -0.481 e. The van der Waals surface area contributed by atoms with Gasteiger partial charge in [0.2, 0.25) is 11.0 Å². The van der Waals surface area contributed by atoms with Gasteiger partial charge in [0.15, 0.2) is 0 Å². The number of aromatic nitrogens is 2. The van der Waals surface area contributed by atoms with E-state index in [0.717, 1.165) is 11.3 Å². The van der Waals surface area contributed by atoms with Crippen LogP contribution in [0.15, 0.2) is 5.51 Å². The lowest BCUT2D eigenvalue weighted by Gasteiger charge is -2.17. The van der Waals surface area contributed by atoms with Gasteiger partial charge in [-0.25, -0.2) is 4.79 Å². The van der Waals surface area contributed by atoms with Gasteiger partial charge in [-0.2, -0.15) is 0 Å². The maximum Gasteiger partial charge on any atom is 0.327 e. The van der Waals surface area contributed by atoms with Crippen LogP contribution >= 0.6 is 11.3 Å². The molecule has 0 fully saturated rings. The van der Waals surface area contributed by atoms with Crippen molar-refractivity contribution in [3.05, 3.63) is 5.51 Å². The van der Waals surface area contributed by atoms with Crippen LogP contribution in [0, 0.1) is 5.41 Å². The smallest absolute Gasteiger partial charge is 0.327 e. The highest BCUT2D eigenvalue weighted by atomic mass is 32.1. The number of nitrogens with one attached hydrogen (secondary N) is 2. The summed E-state index contributed by atoms with van der Waals surface area (Å²) >= 11 is 1.10. The molecule has 1 rings (SSSR count). The van der Waals surface area contributed by atoms with Crippen LogP contribution in [0.4, 0.5) is 9.93 Å². The highest BCUT2D eigenvalue weighted by Crippen LogP contribution is 2.20. The zero-order valence-corrected chi connectivity index (χ0v) is 10.6. The molecule has 1 aromatic heterocycles. The van der Waals surface area contributed by atoms with Crippen LogP contribution in [0.2, 0.25) is 0 Å². The van der Waals surface area contributed by atoms with Crippen molar-refractivity contribution in [1.29, 1.82) is 0 Å². The molecule has 9 heteroatoms. The van der Waals surface area contributed by atoms with Crippen molar-refractivity contribution in [3.63, 3.8) is 0 Å². The Bertz CT molecular complexity index is 457. The van der Waals surface area contributed by atoms with Gasteiger partial charge in [-0.3, -0.25) is 20.2 Å². The molecule has 1 heterocycles. The number of rotatable bonds is 4. The van der Waals surface area contributed by atoms with Gasteiger partial charge in [0.05, 0.1) is 5.41 Å². The van der Waals surface area contributed by atoms with Crippen LogP contribution in [0.5, 0.6) is 0 Å². The summed E-state index contributed by atoms with van der Waals surface area (Å²) < 4.78 is 0. The summed E-state index contributed by atoms with van der Waals surface area (Å²) in [4.78, 5) is 33.6. The second-order valence-corrected chi connectivity index (χ2v) is 4.95. The summed E-state index contributed by atoms with van der Waals surface area (Å²) in [5, 5.41) is 20.5. The molecule has 3 N–H and O–H groups in total. The first-order valence-corrected chi connectivity index (χ1v) is 5.79. The second kappa shape index (κ2) is 5.54. The Morgan fingerprint density at radius 1 is 1.44 bits per heavy atom. The van der Waals surface area contributed by atoms with Gasteiger partial charge < -0.3 is 5.11 Å². The van der Waals surface area contributed by atoms with Crippen LogP contribution in [0.25, 0.3) is 0 Å². The molecule has 8 nitrogen and oxygen atoms in total. The molecule has 18 heavy (non-hydrogen) atoms. The fourth-order valence-corrected chi connectivity index (χ4v) is 1.44. The number of carbonyl (C=O) groups is 3. The molecule has 0 aromatic carbocycles. The minimum absolute atomic E-state index is 0.248. The molecule has 0 unspecified atom stereocenters. The Balaban J connectivity index is 2.45. The van der Waals surface area contributed by atoms with Gasteiger partial charge >= 0.3 is 12.0 Å². The zero-order chi connectivity index (χ0) is 13.8. The van der Waals surface area contributed by atoms with E-state index in [0.29, 0.717) is 0 Å². The van der Waals surface area contributed by atoms with Crippen LogP contribution in [-0.4, -0.2) is 33.2 Å². The van der Waals surface area contributed by atoms with Crippen molar-refractivity contribution in [1.82, 2.24) is 15.5 Å². The van der Waals surface area contributed by atoms with E-state index in [1.165, 1.54) is 19.4 Å². The van der Waals surface area contributed by atoms with Crippen LogP contribution in [0.3, 0.4) is 0 Å². The van der Waals surface area contributed by atoms with E-state index >= 15 is 0 Å². The number of amides is 3. The summed E-state index contributed by atoms with van der Waals surface area (Å²) in [6.45, 7) is 2.80. The average Bonchev–Trinajstić information content (AvgIpc) is 2.68. The topological polar surface area (TPSA) is 121 Å². The Morgan fingerprint density at radius 2 is 2.11 bits per heavy atom. The van der Waals surface area contributed by atoms with Crippen molar-refractivity contribution in [2.24, 2.45) is 5.41 Å². The number of imide groups is 1. The van der Waals surface area contributed by atoms with Crippen molar-refractivity contribution < 1.29 is 19.5 Å². The summed E-state index contributed by atoms with van der Waals surface area (Å²) in [5.41, 5.74) is 0.193. The van der Waals surface area contributed by atoms with Gasteiger partial charge in [-0.15, -0.1) is 10.2 Å². The third kappa shape index (κ3) is 4.09. The lowest BCUT2D eigenvalue weighted by molar-refractivity contribution is -0.149. The number of hydrogen-bond donors (Lipinski definition) is 3. The molecule has 0 bridgehead atoms.